The summed E-state index contributed by atoms with van der Waals surface area (Å²) in [6.45, 7) is 2.81. The van der Waals surface area contributed by atoms with E-state index in [2.05, 4.69) is 45.2 Å². The summed E-state index contributed by atoms with van der Waals surface area (Å²) in [5, 5.41) is 22.0. The number of ether oxygens (including phenoxy) is 1. The Morgan fingerprint density at radius 1 is 1.03 bits per heavy atom. The normalized spacial score (nSPS) is 10.6. The van der Waals surface area contributed by atoms with Gasteiger partial charge in [0.25, 0.3) is 5.91 Å². The van der Waals surface area contributed by atoms with Crippen molar-refractivity contribution in [1.29, 1.82) is 5.26 Å². The fourth-order valence-corrected chi connectivity index (χ4v) is 4.74. The number of benzene rings is 3. The maximum absolute atomic E-state index is 12.7. The Balaban J connectivity index is 1.46. The molecule has 0 bridgehead atoms. The summed E-state index contributed by atoms with van der Waals surface area (Å²) in [6, 6.07) is 24.6. The molecule has 1 aromatic heterocycles. The molecule has 3 aromatic carbocycles. The Morgan fingerprint density at radius 2 is 1.76 bits per heavy atom. The van der Waals surface area contributed by atoms with Gasteiger partial charge in [0.2, 0.25) is 0 Å². The van der Waals surface area contributed by atoms with E-state index in [0.29, 0.717) is 23.4 Å². The molecule has 0 fully saturated rings. The van der Waals surface area contributed by atoms with Gasteiger partial charge in [-0.3, -0.25) is 4.79 Å². The number of anilines is 1. The highest BCUT2D eigenvalue weighted by molar-refractivity contribution is 7.98. The van der Waals surface area contributed by atoms with Gasteiger partial charge in [-0.05, 0) is 53.9 Å². The van der Waals surface area contributed by atoms with Crippen molar-refractivity contribution >= 4 is 23.4 Å². The summed E-state index contributed by atoms with van der Waals surface area (Å²) in [6.07, 6.45) is 3.01. The van der Waals surface area contributed by atoms with Crippen LogP contribution in [0.2, 0.25) is 0 Å². The SMILES string of the molecule is CCCCc1nnc(SCc2ccc(OC)cc2)n1Cc1ccc(NC(=O)c2ccccc2C#N)cc1. The van der Waals surface area contributed by atoms with Crippen LogP contribution in [0.25, 0.3) is 0 Å². The van der Waals surface area contributed by atoms with Crippen LogP contribution in [0.5, 0.6) is 5.75 Å². The quantitative estimate of drug-likeness (QED) is 0.245. The summed E-state index contributed by atoms with van der Waals surface area (Å²) in [5.74, 6) is 2.30. The molecular formula is C29H29N5O2S. The molecule has 0 aliphatic heterocycles. The van der Waals surface area contributed by atoms with Crippen molar-refractivity contribution in [3.63, 3.8) is 0 Å². The first-order valence-corrected chi connectivity index (χ1v) is 13.2. The monoisotopic (exact) mass is 511 g/mol. The third-order valence-corrected chi connectivity index (χ3v) is 6.96. The van der Waals surface area contributed by atoms with E-state index >= 15 is 0 Å². The van der Waals surface area contributed by atoms with Crippen molar-refractivity contribution in [2.24, 2.45) is 0 Å². The van der Waals surface area contributed by atoms with E-state index in [0.717, 1.165) is 47.3 Å². The van der Waals surface area contributed by atoms with Crippen molar-refractivity contribution in [3.8, 4) is 11.8 Å². The number of amides is 1. The lowest BCUT2D eigenvalue weighted by Gasteiger charge is -2.12. The third kappa shape index (κ3) is 6.78. The van der Waals surface area contributed by atoms with Crippen LogP contribution < -0.4 is 10.1 Å². The first-order chi connectivity index (χ1) is 18.1. The molecule has 0 radical (unpaired) electrons. The van der Waals surface area contributed by atoms with E-state index in [4.69, 9.17) is 4.74 Å². The average molecular weight is 512 g/mol. The molecule has 0 aliphatic rings. The number of aromatic nitrogens is 3. The maximum atomic E-state index is 12.7. The molecule has 37 heavy (non-hydrogen) atoms. The van der Waals surface area contributed by atoms with Crippen molar-refractivity contribution in [2.45, 2.75) is 43.6 Å². The molecule has 8 heteroatoms. The van der Waals surface area contributed by atoms with E-state index in [1.807, 2.05) is 36.4 Å². The van der Waals surface area contributed by atoms with Gasteiger partial charge in [0.15, 0.2) is 5.16 Å². The number of hydrogen-bond acceptors (Lipinski definition) is 6. The molecule has 1 amide bonds. The summed E-state index contributed by atoms with van der Waals surface area (Å²) in [7, 11) is 1.67. The minimum absolute atomic E-state index is 0.303. The zero-order chi connectivity index (χ0) is 26.0. The zero-order valence-corrected chi connectivity index (χ0v) is 21.8. The van der Waals surface area contributed by atoms with Crippen molar-refractivity contribution in [3.05, 3.63) is 101 Å². The van der Waals surface area contributed by atoms with Gasteiger partial charge in [-0.25, -0.2) is 0 Å². The Hall–Kier alpha value is -4.09. The van der Waals surface area contributed by atoms with Crippen LogP contribution in [0.3, 0.4) is 0 Å². The van der Waals surface area contributed by atoms with E-state index in [-0.39, 0.29) is 5.91 Å². The Kier molecular flexibility index (Phi) is 8.95. The smallest absolute Gasteiger partial charge is 0.257 e. The van der Waals surface area contributed by atoms with Gasteiger partial charge in [0.1, 0.15) is 11.6 Å². The topological polar surface area (TPSA) is 92.8 Å². The van der Waals surface area contributed by atoms with Crippen LogP contribution in [0, 0.1) is 11.3 Å². The van der Waals surface area contributed by atoms with Crippen LogP contribution in [-0.4, -0.2) is 27.8 Å². The summed E-state index contributed by atoms with van der Waals surface area (Å²) in [4.78, 5) is 12.7. The molecule has 1 N–H and O–H groups in total. The lowest BCUT2D eigenvalue weighted by Crippen LogP contribution is -2.13. The number of carbonyl (C=O) groups is 1. The highest BCUT2D eigenvalue weighted by Gasteiger charge is 2.14. The minimum atomic E-state index is -0.303. The van der Waals surface area contributed by atoms with Gasteiger partial charge >= 0.3 is 0 Å². The Labute approximate surface area is 221 Å². The molecule has 1 heterocycles. The van der Waals surface area contributed by atoms with Crippen molar-refractivity contribution in [1.82, 2.24) is 14.8 Å². The highest BCUT2D eigenvalue weighted by Crippen LogP contribution is 2.25. The zero-order valence-electron chi connectivity index (χ0n) is 21.0. The number of methoxy groups -OCH3 is 1. The highest BCUT2D eigenvalue weighted by atomic mass is 32.2. The largest absolute Gasteiger partial charge is 0.497 e. The van der Waals surface area contributed by atoms with Gasteiger partial charge in [-0.15, -0.1) is 10.2 Å². The summed E-state index contributed by atoms with van der Waals surface area (Å²) in [5.41, 5.74) is 3.65. The predicted octanol–water partition coefficient (Wildman–Crippen LogP) is 6.09. The van der Waals surface area contributed by atoms with Gasteiger partial charge in [-0.1, -0.05) is 61.5 Å². The fourth-order valence-electron chi connectivity index (χ4n) is 3.83. The van der Waals surface area contributed by atoms with E-state index in [1.54, 1.807) is 43.1 Å². The van der Waals surface area contributed by atoms with Crippen LogP contribution in [-0.2, 0) is 18.7 Å². The number of aryl methyl sites for hydroxylation is 1. The van der Waals surface area contributed by atoms with Gasteiger partial charge in [0, 0.05) is 17.9 Å². The van der Waals surface area contributed by atoms with E-state index in [1.165, 1.54) is 5.56 Å². The molecule has 0 saturated heterocycles. The Morgan fingerprint density at radius 3 is 2.46 bits per heavy atom. The molecule has 4 rings (SSSR count). The van der Waals surface area contributed by atoms with Crippen molar-refractivity contribution in [2.75, 3.05) is 12.4 Å². The van der Waals surface area contributed by atoms with Crippen molar-refractivity contribution < 1.29 is 9.53 Å². The number of thioether (sulfide) groups is 1. The molecule has 188 valence electrons. The van der Waals surface area contributed by atoms with Gasteiger partial charge in [-0.2, -0.15) is 5.26 Å². The minimum Gasteiger partial charge on any atom is -0.497 e. The number of nitrogens with zero attached hydrogens (tertiary/aromatic N) is 4. The van der Waals surface area contributed by atoms with Crippen LogP contribution in [0.4, 0.5) is 5.69 Å². The first-order valence-electron chi connectivity index (χ1n) is 12.2. The van der Waals surface area contributed by atoms with Gasteiger partial charge < -0.3 is 14.6 Å². The molecule has 0 spiro atoms. The molecule has 0 aliphatic carbocycles. The van der Waals surface area contributed by atoms with E-state index < -0.39 is 0 Å². The maximum Gasteiger partial charge on any atom is 0.257 e. The number of unbranched alkanes of at least 4 members (excludes halogenated alkanes) is 1. The molecule has 4 aromatic rings. The summed E-state index contributed by atoms with van der Waals surface area (Å²) < 4.78 is 7.43. The predicted molar refractivity (Wildman–Crippen MR) is 146 cm³/mol. The second-order valence-electron chi connectivity index (χ2n) is 8.53. The molecular weight excluding hydrogens is 482 g/mol. The molecule has 7 nitrogen and oxygen atoms in total. The third-order valence-electron chi connectivity index (χ3n) is 5.92. The summed E-state index contributed by atoms with van der Waals surface area (Å²) >= 11 is 1.66. The second kappa shape index (κ2) is 12.7. The van der Waals surface area contributed by atoms with Crippen LogP contribution in [0.1, 0.15) is 52.6 Å². The van der Waals surface area contributed by atoms with Crippen LogP contribution in [0.15, 0.2) is 78.0 Å². The Bertz CT molecular complexity index is 1370. The molecule has 0 unspecified atom stereocenters. The number of nitrogens with one attached hydrogen (secondary N) is 1. The molecule has 0 saturated carbocycles. The number of hydrogen-bond donors (Lipinski definition) is 1. The number of carbonyl (C=O) groups excluding carboxylic acids is 1. The number of rotatable bonds is 11. The standard InChI is InChI=1S/C29H29N5O2S/c1-3-4-9-27-32-33-29(37-20-22-12-16-25(36-2)17-13-22)34(27)19-21-10-14-24(15-11-21)31-28(35)26-8-6-5-7-23(26)18-30/h5-8,10-17H,3-4,9,19-20H2,1-2H3,(H,31,35). The lowest BCUT2D eigenvalue weighted by atomic mass is 10.1. The first kappa shape index (κ1) is 26.0. The number of nitriles is 1. The second-order valence-corrected chi connectivity index (χ2v) is 9.48. The fraction of sp³-hybridized carbons (Fsp3) is 0.241. The van der Waals surface area contributed by atoms with Gasteiger partial charge in [0.05, 0.1) is 30.9 Å². The van der Waals surface area contributed by atoms with E-state index in [9.17, 15) is 10.1 Å². The average Bonchev–Trinajstić information content (AvgIpc) is 3.32. The van der Waals surface area contributed by atoms with Crippen LogP contribution >= 0.6 is 11.8 Å². The molecule has 0 atom stereocenters. The lowest BCUT2D eigenvalue weighted by molar-refractivity contribution is 0.102.